The van der Waals surface area contributed by atoms with Gasteiger partial charge in [0.2, 0.25) is 11.8 Å². The Hall–Kier alpha value is -1.53. The van der Waals surface area contributed by atoms with Crippen LogP contribution in [0.4, 0.5) is 5.69 Å². The molecule has 2 heterocycles. The molecule has 26 heavy (non-hydrogen) atoms. The van der Waals surface area contributed by atoms with Gasteiger partial charge in [-0.25, -0.2) is 0 Å². The lowest BCUT2D eigenvalue weighted by molar-refractivity contribution is -0.130. The SMILES string of the molecule is O=C(Nc1ccc(CC(=O)N2CCSCC2)cc1)C1CC12CCNCC2. The van der Waals surface area contributed by atoms with E-state index in [-0.39, 0.29) is 23.1 Å². The zero-order chi connectivity index (χ0) is 18.0. The van der Waals surface area contributed by atoms with Crippen LogP contribution in [0.15, 0.2) is 24.3 Å². The van der Waals surface area contributed by atoms with Crippen molar-refractivity contribution in [2.75, 3.05) is 43.0 Å². The zero-order valence-electron chi connectivity index (χ0n) is 15.1. The van der Waals surface area contributed by atoms with Crippen molar-refractivity contribution in [3.05, 3.63) is 29.8 Å². The number of carbonyl (C=O) groups excluding carboxylic acids is 2. The third-order valence-corrected chi connectivity index (χ3v) is 6.99. The third kappa shape index (κ3) is 3.91. The minimum Gasteiger partial charge on any atom is -0.341 e. The average Bonchev–Trinajstić information content (AvgIpc) is 3.37. The van der Waals surface area contributed by atoms with E-state index < -0.39 is 0 Å². The Labute approximate surface area is 159 Å². The summed E-state index contributed by atoms with van der Waals surface area (Å²) in [7, 11) is 0. The van der Waals surface area contributed by atoms with Crippen LogP contribution < -0.4 is 10.6 Å². The summed E-state index contributed by atoms with van der Waals surface area (Å²) in [4.78, 5) is 26.8. The molecule has 140 valence electrons. The van der Waals surface area contributed by atoms with Gasteiger partial charge in [-0.2, -0.15) is 11.8 Å². The van der Waals surface area contributed by atoms with E-state index in [1.54, 1.807) is 0 Å². The highest BCUT2D eigenvalue weighted by Gasteiger charge is 2.57. The second-order valence-electron chi connectivity index (χ2n) is 7.73. The van der Waals surface area contributed by atoms with Crippen LogP contribution in [0.2, 0.25) is 0 Å². The highest BCUT2D eigenvalue weighted by Crippen LogP contribution is 2.58. The zero-order valence-corrected chi connectivity index (χ0v) is 15.9. The fourth-order valence-corrected chi connectivity index (χ4v) is 5.13. The van der Waals surface area contributed by atoms with E-state index in [0.29, 0.717) is 6.42 Å². The Morgan fingerprint density at radius 2 is 1.85 bits per heavy atom. The number of anilines is 1. The molecule has 1 atom stereocenters. The molecular weight excluding hydrogens is 346 g/mol. The largest absolute Gasteiger partial charge is 0.341 e. The number of carbonyl (C=O) groups is 2. The van der Waals surface area contributed by atoms with Crippen LogP contribution in [-0.2, 0) is 16.0 Å². The van der Waals surface area contributed by atoms with Crippen LogP contribution in [0.3, 0.4) is 0 Å². The molecule has 2 aliphatic heterocycles. The Morgan fingerprint density at radius 1 is 1.15 bits per heavy atom. The summed E-state index contributed by atoms with van der Waals surface area (Å²) in [5.74, 6) is 2.60. The van der Waals surface area contributed by atoms with Gasteiger partial charge in [-0.15, -0.1) is 0 Å². The molecule has 1 aromatic carbocycles. The van der Waals surface area contributed by atoms with Crippen LogP contribution in [-0.4, -0.2) is 54.4 Å². The molecule has 5 nitrogen and oxygen atoms in total. The minimum atomic E-state index is 0.154. The number of amides is 2. The standard InChI is InChI=1S/C20H27N3O2S/c24-18(23-9-11-26-12-10-23)13-15-1-3-16(4-2-15)22-19(25)17-14-20(17)5-7-21-8-6-20/h1-4,17,21H,5-14H2,(H,22,25). The van der Waals surface area contributed by atoms with Crippen LogP contribution in [0.25, 0.3) is 0 Å². The lowest BCUT2D eigenvalue weighted by Gasteiger charge is -2.26. The maximum absolute atomic E-state index is 12.5. The number of rotatable bonds is 4. The van der Waals surface area contributed by atoms with Crippen molar-refractivity contribution in [2.45, 2.75) is 25.7 Å². The Bertz CT molecular complexity index is 664. The first-order valence-corrected chi connectivity index (χ1v) is 10.8. The fraction of sp³-hybridized carbons (Fsp3) is 0.600. The molecular formula is C20H27N3O2S. The minimum absolute atomic E-state index is 0.154. The van der Waals surface area contributed by atoms with Crippen LogP contribution in [0.5, 0.6) is 0 Å². The molecule has 0 bridgehead atoms. The van der Waals surface area contributed by atoms with Crippen molar-refractivity contribution in [3.63, 3.8) is 0 Å². The summed E-state index contributed by atoms with van der Waals surface area (Å²) in [5, 5.41) is 6.43. The second kappa shape index (κ2) is 7.61. The molecule has 1 unspecified atom stereocenters. The summed E-state index contributed by atoms with van der Waals surface area (Å²) >= 11 is 1.91. The van der Waals surface area contributed by atoms with Crippen molar-refractivity contribution in [2.24, 2.45) is 11.3 Å². The lowest BCUT2D eigenvalue weighted by atomic mass is 9.92. The number of hydrogen-bond acceptors (Lipinski definition) is 4. The van der Waals surface area contributed by atoms with E-state index in [0.717, 1.165) is 68.2 Å². The molecule has 1 saturated carbocycles. The third-order valence-electron chi connectivity index (χ3n) is 6.05. The van der Waals surface area contributed by atoms with E-state index in [2.05, 4.69) is 10.6 Å². The molecule has 2 saturated heterocycles. The lowest BCUT2D eigenvalue weighted by Crippen LogP contribution is -2.38. The summed E-state index contributed by atoms with van der Waals surface area (Å²) in [6.07, 6.45) is 3.70. The predicted molar refractivity (Wildman–Crippen MR) is 105 cm³/mol. The molecule has 1 aromatic rings. The Kier molecular flexibility index (Phi) is 5.23. The van der Waals surface area contributed by atoms with Gasteiger partial charge in [0.1, 0.15) is 0 Å². The van der Waals surface area contributed by atoms with Gasteiger partial charge in [0.15, 0.2) is 0 Å². The molecule has 3 fully saturated rings. The number of nitrogens with zero attached hydrogens (tertiary/aromatic N) is 1. The monoisotopic (exact) mass is 373 g/mol. The van der Waals surface area contributed by atoms with Gasteiger partial charge >= 0.3 is 0 Å². The quantitative estimate of drug-likeness (QED) is 0.849. The van der Waals surface area contributed by atoms with Crippen molar-refractivity contribution in [1.82, 2.24) is 10.2 Å². The maximum Gasteiger partial charge on any atom is 0.228 e. The Balaban J connectivity index is 1.29. The van der Waals surface area contributed by atoms with E-state index >= 15 is 0 Å². The van der Waals surface area contributed by atoms with Crippen molar-refractivity contribution in [1.29, 1.82) is 0 Å². The summed E-state index contributed by atoms with van der Waals surface area (Å²) in [6, 6.07) is 7.76. The normalized spacial score (nSPS) is 24.3. The van der Waals surface area contributed by atoms with Gasteiger partial charge < -0.3 is 15.5 Å². The Morgan fingerprint density at radius 3 is 2.54 bits per heavy atom. The highest BCUT2D eigenvalue weighted by atomic mass is 32.2. The number of benzene rings is 1. The van der Waals surface area contributed by atoms with Gasteiger partial charge in [0, 0.05) is 36.2 Å². The predicted octanol–water partition coefficient (Wildman–Crippen LogP) is 2.13. The first kappa shape index (κ1) is 17.9. The summed E-state index contributed by atoms with van der Waals surface area (Å²) < 4.78 is 0. The molecule has 1 aliphatic carbocycles. The summed E-state index contributed by atoms with van der Waals surface area (Å²) in [5.41, 5.74) is 2.10. The van der Waals surface area contributed by atoms with Gasteiger partial charge in [-0.1, -0.05) is 12.1 Å². The van der Waals surface area contributed by atoms with E-state index in [4.69, 9.17) is 0 Å². The topological polar surface area (TPSA) is 61.4 Å². The van der Waals surface area contributed by atoms with Crippen molar-refractivity contribution in [3.8, 4) is 0 Å². The van der Waals surface area contributed by atoms with Gasteiger partial charge in [-0.05, 0) is 55.5 Å². The molecule has 0 radical (unpaired) electrons. The van der Waals surface area contributed by atoms with E-state index in [1.165, 1.54) is 0 Å². The first-order chi connectivity index (χ1) is 12.7. The van der Waals surface area contributed by atoms with Crippen LogP contribution >= 0.6 is 11.8 Å². The van der Waals surface area contributed by atoms with E-state index in [1.807, 2.05) is 40.9 Å². The average molecular weight is 374 g/mol. The van der Waals surface area contributed by atoms with E-state index in [9.17, 15) is 9.59 Å². The fourth-order valence-electron chi connectivity index (χ4n) is 4.23. The molecule has 1 spiro atoms. The van der Waals surface area contributed by atoms with Crippen LogP contribution in [0, 0.1) is 11.3 Å². The van der Waals surface area contributed by atoms with Gasteiger partial charge in [0.05, 0.1) is 6.42 Å². The molecule has 2 N–H and O–H groups in total. The summed E-state index contributed by atoms with van der Waals surface area (Å²) in [6.45, 7) is 3.77. The molecule has 3 aliphatic rings. The van der Waals surface area contributed by atoms with Crippen LogP contribution in [0.1, 0.15) is 24.8 Å². The molecule has 0 aromatic heterocycles. The number of piperidine rings is 1. The highest BCUT2D eigenvalue weighted by molar-refractivity contribution is 7.99. The number of thioether (sulfide) groups is 1. The van der Waals surface area contributed by atoms with Gasteiger partial charge in [-0.3, -0.25) is 9.59 Å². The second-order valence-corrected chi connectivity index (χ2v) is 8.95. The number of nitrogens with one attached hydrogen (secondary N) is 2. The van der Waals surface area contributed by atoms with Gasteiger partial charge in [0.25, 0.3) is 0 Å². The smallest absolute Gasteiger partial charge is 0.228 e. The molecule has 2 amide bonds. The van der Waals surface area contributed by atoms with Crippen molar-refractivity contribution >= 4 is 29.3 Å². The molecule has 6 heteroatoms. The van der Waals surface area contributed by atoms with Crippen molar-refractivity contribution < 1.29 is 9.59 Å². The molecule has 4 rings (SSSR count). The maximum atomic E-state index is 12.5. The first-order valence-electron chi connectivity index (χ1n) is 9.62. The number of hydrogen-bond donors (Lipinski definition) is 2.